The monoisotopic (exact) mass is 391 g/mol. The molecular formula is C22H34FN3O2. The second-order valence-corrected chi connectivity index (χ2v) is 8.17. The molecule has 1 unspecified atom stereocenters. The van der Waals surface area contributed by atoms with Crippen molar-refractivity contribution >= 4 is 5.91 Å². The Morgan fingerprint density at radius 2 is 1.86 bits per heavy atom. The molecule has 0 aromatic heterocycles. The third-order valence-electron chi connectivity index (χ3n) is 6.15. The van der Waals surface area contributed by atoms with E-state index in [0.29, 0.717) is 25.7 Å². The van der Waals surface area contributed by atoms with Crippen molar-refractivity contribution in [2.75, 3.05) is 46.9 Å². The van der Waals surface area contributed by atoms with Crippen LogP contribution in [0.2, 0.25) is 0 Å². The average Bonchev–Trinajstić information content (AvgIpc) is 2.71. The van der Waals surface area contributed by atoms with E-state index >= 15 is 0 Å². The van der Waals surface area contributed by atoms with Crippen molar-refractivity contribution in [3.05, 3.63) is 35.6 Å². The van der Waals surface area contributed by atoms with Gasteiger partial charge in [0.1, 0.15) is 5.82 Å². The van der Waals surface area contributed by atoms with Crippen LogP contribution in [0.1, 0.15) is 37.7 Å². The van der Waals surface area contributed by atoms with E-state index in [2.05, 4.69) is 21.7 Å². The van der Waals surface area contributed by atoms with E-state index in [1.54, 1.807) is 7.11 Å². The summed E-state index contributed by atoms with van der Waals surface area (Å²) in [6.45, 7) is 4.91. The second-order valence-electron chi connectivity index (χ2n) is 8.17. The summed E-state index contributed by atoms with van der Waals surface area (Å²) in [7, 11) is 3.84. The van der Waals surface area contributed by atoms with Gasteiger partial charge in [0.05, 0.1) is 12.6 Å². The largest absolute Gasteiger partial charge is 0.383 e. The number of amides is 1. The topological polar surface area (TPSA) is 36.0 Å². The number of benzene rings is 1. The second kappa shape index (κ2) is 10.3. The normalized spacial score (nSPS) is 22.3. The van der Waals surface area contributed by atoms with Crippen molar-refractivity contribution in [3.8, 4) is 0 Å². The molecule has 0 bridgehead atoms. The van der Waals surface area contributed by atoms with E-state index in [9.17, 15) is 9.18 Å². The van der Waals surface area contributed by atoms with Gasteiger partial charge in [0, 0.05) is 26.2 Å². The molecule has 5 nitrogen and oxygen atoms in total. The summed E-state index contributed by atoms with van der Waals surface area (Å²) in [5.41, 5.74) is 1.06. The zero-order chi connectivity index (χ0) is 19.9. The number of carbonyl (C=O) groups is 1. The molecule has 3 rings (SSSR count). The predicted octanol–water partition coefficient (Wildman–Crippen LogP) is 2.75. The molecule has 0 saturated carbocycles. The summed E-state index contributed by atoms with van der Waals surface area (Å²) >= 11 is 0. The lowest BCUT2D eigenvalue weighted by Gasteiger charge is -2.42. The van der Waals surface area contributed by atoms with E-state index < -0.39 is 0 Å². The van der Waals surface area contributed by atoms with Crippen LogP contribution in [0.25, 0.3) is 0 Å². The molecule has 2 heterocycles. The van der Waals surface area contributed by atoms with Crippen LogP contribution < -0.4 is 0 Å². The first-order valence-electron chi connectivity index (χ1n) is 10.5. The molecule has 156 valence electrons. The van der Waals surface area contributed by atoms with E-state index in [-0.39, 0.29) is 17.8 Å². The number of methoxy groups -OCH3 is 1. The van der Waals surface area contributed by atoms with E-state index in [1.807, 2.05) is 12.1 Å². The van der Waals surface area contributed by atoms with Crippen molar-refractivity contribution in [1.29, 1.82) is 0 Å². The highest BCUT2D eigenvalue weighted by molar-refractivity contribution is 5.82. The Morgan fingerprint density at radius 1 is 1.14 bits per heavy atom. The lowest BCUT2D eigenvalue weighted by molar-refractivity contribution is -0.142. The highest BCUT2D eigenvalue weighted by atomic mass is 19.1. The summed E-state index contributed by atoms with van der Waals surface area (Å²) < 4.78 is 18.5. The summed E-state index contributed by atoms with van der Waals surface area (Å²) in [5.74, 6) is 0.0245. The van der Waals surface area contributed by atoms with Crippen LogP contribution in [0, 0.1) is 5.82 Å². The fraction of sp³-hybridized carbons (Fsp3) is 0.682. The third-order valence-corrected chi connectivity index (χ3v) is 6.15. The van der Waals surface area contributed by atoms with Gasteiger partial charge >= 0.3 is 0 Å². The zero-order valence-corrected chi connectivity index (χ0v) is 17.3. The Bertz CT molecular complexity index is 617. The van der Waals surface area contributed by atoms with Crippen molar-refractivity contribution in [2.24, 2.45) is 0 Å². The molecule has 0 radical (unpaired) electrons. The Balaban J connectivity index is 1.71. The van der Waals surface area contributed by atoms with Crippen LogP contribution in [0.5, 0.6) is 0 Å². The molecule has 2 aliphatic heterocycles. The lowest BCUT2D eigenvalue weighted by Crippen LogP contribution is -2.55. The van der Waals surface area contributed by atoms with Gasteiger partial charge in [0.15, 0.2) is 0 Å². The Hall–Kier alpha value is -1.50. The number of hydrogen-bond acceptors (Lipinski definition) is 4. The van der Waals surface area contributed by atoms with Crippen molar-refractivity contribution in [1.82, 2.24) is 14.7 Å². The van der Waals surface area contributed by atoms with Crippen LogP contribution in [-0.2, 0) is 16.1 Å². The van der Waals surface area contributed by atoms with Gasteiger partial charge in [0.25, 0.3) is 0 Å². The third kappa shape index (κ3) is 5.52. The Kier molecular flexibility index (Phi) is 7.82. The molecule has 2 aliphatic rings. The minimum absolute atomic E-state index is 0.0877. The zero-order valence-electron chi connectivity index (χ0n) is 17.3. The first-order chi connectivity index (χ1) is 13.6. The van der Waals surface area contributed by atoms with Crippen LogP contribution in [-0.4, -0.2) is 79.6 Å². The minimum atomic E-state index is -0.219. The number of halogens is 1. The van der Waals surface area contributed by atoms with Crippen LogP contribution in [0.3, 0.4) is 0 Å². The summed E-state index contributed by atoms with van der Waals surface area (Å²) in [6.07, 6.45) is 5.14. The van der Waals surface area contributed by atoms with E-state index in [1.165, 1.54) is 12.1 Å². The average molecular weight is 392 g/mol. The van der Waals surface area contributed by atoms with Crippen LogP contribution in [0.4, 0.5) is 4.39 Å². The number of piperidine rings is 2. The standard InChI is InChI=1S/C22H34FN3O2/c1-24-13-10-20(11-14-24)26(15-16-28-2)22(27)21-5-3-4-12-25(21)17-18-6-8-19(23)9-7-18/h6-9,20-21H,3-5,10-17H2,1-2H3. The molecule has 6 heteroatoms. The Labute approximate surface area is 168 Å². The molecule has 0 spiro atoms. The fourth-order valence-corrected chi connectivity index (χ4v) is 4.44. The van der Waals surface area contributed by atoms with E-state index in [4.69, 9.17) is 4.74 Å². The van der Waals surface area contributed by atoms with Crippen LogP contribution >= 0.6 is 0 Å². The molecule has 1 aromatic carbocycles. The van der Waals surface area contributed by atoms with Crippen molar-refractivity contribution in [3.63, 3.8) is 0 Å². The van der Waals surface area contributed by atoms with Crippen molar-refractivity contribution < 1.29 is 13.9 Å². The fourth-order valence-electron chi connectivity index (χ4n) is 4.44. The first kappa shape index (κ1) is 21.2. The SMILES string of the molecule is COCCN(C(=O)C1CCCCN1Cc1ccc(F)cc1)C1CCN(C)CC1. The number of nitrogens with zero attached hydrogens (tertiary/aromatic N) is 3. The molecule has 1 aromatic rings. The molecule has 2 saturated heterocycles. The van der Waals surface area contributed by atoms with E-state index in [0.717, 1.165) is 57.3 Å². The highest BCUT2D eigenvalue weighted by Crippen LogP contribution is 2.24. The van der Waals surface area contributed by atoms with Gasteiger partial charge in [-0.15, -0.1) is 0 Å². The van der Waals surface area contributed by atoms with Crippen LogP contribution in [0.15, 0.2) is 24.3 Å². The number of hydrogen-bond donors (Lipinski definition) is 0. The van der Waals surface area contributed by atoms with Gasteiger partial charge < -0.3 is 14.5 Å². The quantitative estimate of drug-likeness (QED) is 0.716. The number of carbonyl (C=O) groups excluding carboxylic acids is 1. The predicted molar refractivity (Wildman–Crippen MR) is 109 cm³/mol. The van der Waals surface area contributed by atoms with Crippen molar-refractivity contribution in [2.45, 2.75) is 50.7 Å². The van der Waals surface area contributed by atoms with Gasteiger partial charge in [-0.3, -0.25) is 9.69 Å². The number of ether oxygens (including phenoxy) is 1. The molecule has 1 atom stereocenters. The molecule has 2 fully saturated rings. The number of rotatable bonds is 7. The maximum atomic E-state index is 13.6. The number of likely N-dealkylation sites (tertiary alicyclic amines) is 2. The minimum Gasteiger partial charge on any atom is -0.383 e. The van der Waals surface area contributed by atoms with Gasteiger partial charge in [0.2, 0.25) is 5.91 Å². The van der Waals surface area contributed by atoms with Gasteiger partial charge in [-0.2, -0.15) is 0 Å². The summed E-state index contributed by atoms with van der Waals surface area (Å²) in [6, 6.07) is 6.86. The van der Waals surface area contributed by atoms with Gasteiger partial charge in [-0.05, 0) is 70.1 Å². The first-order valence-corrected chi connectivity index (χ1v) is 10.5. The molecule has 0 N–H and O–H groups in total. The Morgan fingerprint density at radius 3 is 2.54 bits per heavy atom. The molecule has 1 amide bonds. The van der Waals surface area contributed by atoms with Gasteiger partial charge in [-0.1, -0.05) is 18.6 Å². The molecule has 28 heavy (non-hydrogen) atoms. The van der Waals surface area contributed by atoms with Gasteiger partial charge in [-0.25, -0.2) is 4.39 Å². The summed E-state index contributed by atoms with van der Waals surface area (Å²) in [4.78, 5) is 20.3. The summed E-state index contributed by atoms with van der Waals surface area (Å²) in [5, 5.41) is 0. The smallest absolute Gasteiger partial charge is 0.240 e. The molecule has 0 aliphatic carbocycles. The molecular weight excluding hydrogens is 357 g/mol. The maximum absolute atomic E-state index is 13.6. The highest BCUT2D eigenvalue weighted by Gasteiger charge is 2.35. The lowest BCUT2D eigenvalue weighted by atomic mass is 9.97. The maximum Gasteiger partial charge on any atom is 0.240 e.